The normalized spacial score (nSPS) is 14.1. The standard InChI is InChI=1S/C45H91N2O6P/c1-3-5-7-9-11-13-15-16-17-18-19-20-21-22-23-24-25-26-27-29-31-33-35-37-39-45(49)47-43(42-53-54(50,51)52-41-40-46)44(48)38-36-34-32-30-28-14-12-10-8-6-4-2/h36,38,43-44,48H,3-35,37,39-42,46H2,1-2H3,(H,47,49)(H,50,51)/b38-36+/t43-,44+/m0/s1. The first-order chi connectivity index (χ1) is 26.4. The fraction of sp³-hybridized carbons (Fsp3) is 0.933. The summed E-state index contributed by atoms with van der Waals surface area (Å²) in [7, 11) is -4.33. The second-order valence-corrected chi connectivity index (χ2v) is 17.4. The van der Waals surface area contributed by atoms with E-state index in [9.17, 15) is 19.4 Å². The number of phosphoric ester groups is 1. The van der Waals surface area contributed by atoms with Crippen LogP contribution < -0.4 is 11.1 Å². The zero-order chi connectivity index (χ0) is 39.6. The van der Waals surface area contributed by atoms with E-state index in [0.29, 0.717) is 6.42 Å². The average molecular weight is 787 g/mol. The predicted molar refractivity (Wildman–Crippen MR) is 231 cm³/mol. The zero-order valence-electron chi connectivity index (χ0n) is 35.7. The second-order valence-electron chi connectivity index (χ2n) is 16.0. The molecule has 8 nitrogen and oxygen atoms in total. The molecule has 0 aromatic carbocycles. The molecule has 322 valence electrons. The number of rotatable bonds is 44. The van der Waals surface area contributed by atoms with E-state index in [0.717, 1.165) is 38.5 Å². The largest absolute Gasteiger partial charge is 0.472 e. The second kappa shape index (κ2) is 41.9. The highest BCUT2D eigenvalue weighted by Gasteiger charge is 2.26. The molecule has 5 N–H and O–H groups in total. The van der Waals surface area contributed by atoms with E-state index in [1.165, 1.54) is 180 Å². The van der Waals surface area contributed by atoms with Gasteiger partial charge in [-0.05, 0) is 19.3 Å². The minimum Gasteiger partial charge on any atom is -0.387 e. The van der Waals surface area contributed by atoms with Gasteiger partial charge in [-0.25, -0.2) is 4.57 Å². The number of aliphatic hydroxyl groups excluding tert-OH is 1. The Kier molecular flexibility index (Phi) is 41.3. The van der Waals surface area contributed by atoms with Crippen molar-refractivity contribution in [3.8, 4) is 0 Å². The molecule has 0 aromatic rings. The monoisotopic (exact) mass is 787 g/mol. The van der Waals surface area contributed by atoms with Gasteiger partial charge in [0, 0.05) is 13.0 Å². The number of hydrogen-bond acceptors (Lipinski definition) is 6. The van der Waals surface area contributed by atoms with E-state index in [1.54, 1.807) is 6.08 Å². The van der Waals surface area contributed by atoms with E-state index in [1.807, 2.05) is 6.08 Å². The molecule has 1 amide bonds. The Morgan fingerprint density at radius 1 is 0.593 bits per heavy atom. The lowest BCUT2D eigenvalue weighted by atomic mass is 10.0. The molecule has 0 bridgehead atoms. The number of nitrogens with one attached hydrogen (secondary N) is 1. The van der Waals surface area contributed by atoms with Crippen molar-refractivity contribution in [3.05, 3.63) is 12.2 Å². The van der Waals surface area contributed by atoms with Gasteiger partial charge in [0.2, 0.25) is 5.91 Å². The van der Waals surface area contributed by atoms with E-state index in [4.69, 9.17) is 14.8 Å². The lowest BCUT2D eigenvalue weighted by molar-refractivity contribution is -0.123. The third-order valence-corrected chi connectivity index (χ3v) is 11.6. The number of allylic oxidation sites excluding steroid dienone is 1. The highest BCUT2D eigenvalue weighted by Crippen LogP contribution is 2.43. The van der Waals surface area contributed by atoms with Crippen molar-refractivity contribution >= 4 is 13.7 Å². The number of aliphatic hydroxyl groups is 1. The van der Waals surface area contributed by atoms with Gasteiger partial charge in [-0.3, -0.25) is 13.8 Å². The summed E-state index contributed by atoms with van der Waals surface area (Å²) in [6.45, 7) is 4.15. The summed E-state index contributed by atoms with van der Waals surface area (Å²) < 4.78 is 22.1. The Morgan fingerprint density at radius 2 is 0.944 bits per heavy atom. The van der Waals surface area contributed by atoms with E-state index in [-0.39, 0.29) is 25.7 Å². The average Bonchev–Trinajstić information content (AvgIpc) is 3.16. The Labute approximate surface area is 335 Å². The van der Waals surface area contributed by atoms with Crippen LogP contribution in [0.25, 0.3) is 0 Å². The van der Waals surface area contributed by atoms with Crippen LogP contribution in [0, 0.1) is 0 Å². The van der Waals surface area contributed by atoms with Crippen LogP contribution in [0.3, 0.4) is 0 Å². The summed E-state index contributed by atoms with van der Waals surface area (Å²) in [5.41, 5.74) is 5.37. The van der Waals surface area contributed by atoms with Crippen LogP contribution in [-0.2, 0) is 18.4 Å². The molecule has 1 unspecified atom stereocenters. The van der Waals surface area contributed by atoms with Gasteiger partial charge in [0.1, 0.15) is 0 Å². The van der Waals surface area contributed by atoms with Gasteiger partial charge in [-0.2, -0.15) is 0 Å². The Balaban J connectivity index is 3.98. The molecule has 0 heterocycles. The maximum absolute atomic E-state index is 12.8. The first kappa shape index (κ1) is 53.2. The molecule has 9 heteroatoms. The molecule has 0 aromatic heterocycles. The first-order valence-corrected chi connectivity index (χ1v) is 24.8. The molecule has 3 atom stereocenters. The van der Waals surface area contributed by atoms with Crippen LogP contribution in [0.2, 0.25) is 0 Å². The summed E-state index contributed by atoms with van der Waals surface area (Å²) in [5, 5.41) is 13.6. The maximum atomic E-state index is 12.8. The van der Waals surface area contributed by atoms with Crippen LogP contribution in [-0.4, -0.2) is 47.8 Å². The van der Waals surface area contributed by atoms with Crippen molar-refractivity contribution in [2.24, 2.45) is 5.73 Å². The van der Waals surface area contributed by atoms with Crippen molar-refractivity contribution < 1.29 is 28.4 Å². The summed E-state index contributed by atoms with van der Waals surface area (Å²) >= 11 is 0. The topological polar surface area (TPSA) is 131 Å². The fourth-order valence-corrected chi connectivity index (χ4v) is 7.83. The number of nitrogens with two attached hydrogens (primary N) is 1. The molecule has 0 radical (unpaired) electrons. The summed E-state index contributed by atoms with van der Waals surface area (Å²) in [4.78, 5) is 22.7. The molecule has 0 saturated carbocycles. The fourth-order valence-electron chi connectivity index (χ4n) is 7.07. The van der Waals surface area contributed by atoms with E-state index < -0.39 is 20.0 Å². The molecule has 0 aliphatic carbocycles. The summed E-state index contributed by atoms with van der Waals surface area (Å²) in [6, 6.07) is -0.854. The number of unbranched alkanes of at least 4 members (excludes halogenated alkanes) is 32. The molecular weight excluding hydrogens is 695 g/mol. The minimum atomic E-state index is -4.33. The number of hydrogen-bond donors (Lipinski definition) is 4. The van der Waals surface area contributed by atoms with Gasteiger partial charge >= 0.3 is 7.82 Å². The quantitative estimate of drug-likeness (QED) is 0.0275. The lowest BCUT2D eigenvalue weighted by Crippen LogP contribution is -2.45. The van der Waals surface area contributed by atoms with E-state index >= 15 is 0 Å². The van der Waals surface area contributed by atoms with Crippen LogP contribution in [0.4, 0.5) is 0 Å². The molecule has 54 heavy (non-hydrogen) atoms. The van der Waals surface area contributed by atoms with E-state index in [2.05, 4.69) is 19.2 Å². The molecule has 0 aliphatic heterocycles. The van der Waals surface area contributed by atoms with Gasteiger partial charge in [0.25, 0.3) is 0 Å². The smallest absolute Gasteiger partial charge is 0.387 e. The predicted octanol–water partition coefficient (Wildman–Crippen LogP) is 13.2. The van der Waals surface area contributed by atoms with Gasteiger partial charge in [-0.1, -0.05) is 225 Å². The molecule has 0 rings (SSSR count). The Hall–Kier alpha value is -0.760. The summed E-state index contributed by atoms with van der Waals surface area (Å²) in [6.07, 6.45) is 47.1. The SMILES string of the molecule is CCCCCCCCCCC/C=C/[C@@H](O)[C@H](COP(=O)(O)OCCN)NC(=O)CCCCCCCCCCCCCCCCCCCCCCCCCC. The number of phosphoric acid groups is 1. The number of carbonyl (C=O) groups is 1. The van der Waals surface area contributed by atoms with Gasteiger partial charge in [0.05, 0.1) is 25.4 Å². The molecular formula is C45H91N2O6P. The van der Waals surface area contributed by atoms with Gasteiger partial charge < -0.3 is 21.1 Å². The summed E-state index contributed by atoms with van der Waals surface area (Å²) in [5.74, 6) is -0.190. The van der Waals surface area contributed by atoms with Crippen molar-refractivity contribution in [2.45, 2.75) is 251 Å². The Morgan fingerprint density at radius 3 is 1.31 bits per heavy atom. The zero-order valence-corrected chi connectivity index (χ0v) is 36.6. The highest BCUT2D eigenvalue weighted by atomic mass is 31.2. The third-order valence-electron chi connectivity index (χ3n) is 10.6. The minimum absolute atomic E-state index is 0.0812. The highest BCUT2D eigenvalue weighted by molar-refractivity contribution is 7.47. The van der Waals surface area contributed by atoms with Crippen LogP contribution in [0.15, 0.2) is 12.2 Å². The van der Waals surface area contributed by atoms with Crippen LogP contribution >= 0.6 is 7.82 Å². The van der Waals surface area contributed by atoms with Gasteiger partial charge in [-0.15, -0.1) is 0 Å². The Bertz CT molecular complexity index is 860. The first-order valence-electron chi connectivity index (χ1n) is 23.3. The molecule has 0 saturated heterocycles. The third kappa shape index (κ3) is 39.5. The van der Waals surface area contributed by atoms with Gasteiger partial charge in [0.15, 0.2) is 0 Å². The molecule has 0 spiro atoms. The number of amides is 1. The van der Waals surface area contributed by atoms with Crippen LogP contribution in [0.5, 0.6) is 0 Å². The lowest BCUT2D eigenvalue weighted by Gasteiger charge is -2.23. The van der Waals surface area contributed by atoms with Crippen molar-refractivity contribution in [1.82, 2.24) is 5.32 Å². The maximum Gasteiger partial charge on any atom is 0.472 e. The number of carbonyl (C=O) groups excluding carboxylic acids is 1. The molecule has 0 aliphatic rings. The van der Waals surface area contributed by atoms with Crippen molar-refractivity contribution in [1.29, 1.82) is 0 Å². The molecule has 0 fully saturated rings. The van der Waals surface area contributed by atoms with Crippen molar-refractivity contribution in [3.63, 3.8) is 0 Å². The van der Waals surface area contributed by atoms with Crippen molar-refractivity contribution in [2.75, 3.05) is 19.8 Å². The van der Waals surface area contributed by atoms with Crippen LogP contribution in [0.1, 0.15) is 239 Å².